The quantitative estimate of drug-likeness (QED) is 0.702. The van der Waals surface area contributed by atoms with Gasteiger partial charge in [0.05, 0.1) is 17.5 Å². The molecule has 1 fully saturated rings. The number of hydrogen-bond acceptors (Lipinski definition) is 4. The molecule has 1 amide bonds. The highest BCUT2D eigenvalue weighted by Crippen LogP contribution is 2.24. The third-order valence-electron chi connectivity index (χ3n) is 3.24. The van der Waals surface area contributed by atoms with Crippen LogP contribution in [-0.4, -0.2) is 24.7 Å². The van der Waals surface area contributed by atoms with Gasteiger partial charge in [0.1, 0.15) is 0 Å². The molecule has 2 rings (SSSR count). The van der Waals surface area contributed by atoms with Gasteiger partial charge in [0.25, 0.3) is 0 Å². The summed E-state index contributed by atoms with van der Waals surface area (Å²) >= 11 is 0. The van der Waals surface area contributed by atoms with Crippen molar-refractivity contribution in [3.8, 4) is 0 Å². The molecule has 0 saturated carbocycles. The van der Waals surface area contributed by atoms with E-state index in [2.05, 4.69) is 12.2 Å². The van der Waals surface area contributed by atoms with Gasteiger partial charge in [0, 0.05) is 18.2 Å². The molecule has 98 valence electrons. The molecule has 0 bridgehead atoms. The van der Waals surface area contributed by atoms with Crippen LogP contribution in [0.25, 0.3) is 0 Å². The molecule has 18 heavy (non-hydrogen) atoms. The van der Waals surface area contributed by atoms with E-state index in [1.54, 1.807) is 18.2 Å². The van der Waals surface area contributed by atoms with Crippen molar-refractivity contribution in [2.24, 2.45) is 5.73 Å². The normalized spacial score (nSPS) is 20.6. The fraction of sp³-hybridized carbons (Fsp3) is 0.462. The van der Waals surface area contributed by atoms with Gasteiger partial charge in [-0.05, 0) is 38.0 Å². The van der Waals surface area contributed by atoms with Crippen LogP contribution in [0.1, 0.15) is 30.1 Å². The lowest BCUT2D eigenvalue weighted by atomic mass is 10.1. The van der Waals surface area contributed by atoms with Gasteiger partial charge < -0.3 is 21.5 Å². The van der Waals surface area contributed by atoms with Crippen LogP contribution in [0.4, 0.5) is 11.4 Å². The van der Waals surface area contributed by atoms with E-state index >= 15 is 0 Å². The Morgan fingerprint density at radius 1 is 1.56 bits per heavy atom. The van der Waals surface area contributed by atoms with Crippen molar-refractivity contribution in [3.05, 3.63) is 23.8 Å². The summed E-state index contributed by atoms with van der Waals surface area (Å²) in [7, 11) is 0. The number of anilines is 2. The fourth-order valence-corrected chi connectivity index (χ4v) is 2.18. The van der Waals surface area contributed by atoms with E-state index in [0.717, 1.165) is 25.1 Å². The second-order valence-corrected chi connectivity index (χ2v) is 4.65. The zero-order valence-electron chi connectivity index (χ0n) is 10.5. The Balaban J connectivity index is 2.06. The van der Waals surface area contributed by atoms with E-state index < -0.39 is 5.91 Å². The molecule has 0 spiro atoms. The topological polar surface area (TPSA) is 90.4 Å². The molecule has 2 unspecified atom stereocenters. The van der Waals surface area contributed by atoms with Gasteiger partial charge in [-0.2, -0.15) is 0 Å². The summed E-state index contributed by atoms with van der Waals surface area (Å²) < 4.78 is 5.61. The Morgan fingerprint density at radius 2 is 2.33 bits per heavy atom. The predicted molar refractivity (Wildman–Crippen MR) is 71.4 cm³/mol. The second kappa shape index (κ2) is 5.27. The molecule has 1 aliphatic rings. The highest BCUT2D eigenvalue weighted by Gasteiger charge is 2.22. The van der Waals surface area contributed by atoms with Crippen LogP contribution in [0.2, 0.25) is 0 Å². The molecule has 2 atom stereocenters. The monoisotopic (exact) mass is 249 g/mol. The molecule has 0 radical (unpaired) electrons. The summed E-state index contributed by atoms with van der Waals surface area (Å²) in [5.74, 6) is -0.472. The number of ether oxygens (including phenoxy) is 1. The summed E-state index contributed by atoms with van der Waals surface area (Å²) in [6.45, 7) is 2.89. The molecule has 1 aromatic rings. The Labute approximate surface area is 106 Å². The molecule has 1 aliphatic heterocycles. The maximum Gasteiger partial charge on any atom is 0.248 e. The van der Waals surface area contributed by atoms with Crippen LogP contribution in [-0.2, 0) is 4.74 Å². The van der Waals surface area contributed by atoms with Crippen molar-refractivity contribution in [3.63, 3.8) is 0 Å². The van der Waals surface area contributed by atoms with Gasteiger partial charge in [-0.15, -0.1) is 0 Å². The summed E-state index contributed by atoms with van der Waals surface area (Å²) in [4.78, 5) is 11.0. The molecule has 1 heterocycles. The van der Waals surface area contributed by atoms with Gasteiger partial charge >= 0.3 is 0 Å². The molecule has 1 saturated heterocycles. The first-order valence-corrected chi connectivity index (χ1v) is 6.15. The molecule has 5 heteroatoms. The lowest BCUT2D eigenvalue weighted by molar-refractivity contribution is 0.0994. The number of amides is 1. The molecule has 5 nitrogen and oxygen atoms in total. The number of nitrogen functional groups attached to an aromatic ring is 1. The summed E-state index contributed by atoms with van der Waals surface area (Å²) in [5, 5.41) is 3.32. The Hall–Kier alpha value is -1.75. The van der Waals surface area contributed by atoms with E-state index in [0.29, 0.717) is 11.3 Å². The molecular formula is C13H19N3O2. The fourth-order valence-electron chi connectivity index (χ4n) is 2.18. The van der Waals surface area contributed by atoms with Crippen molar-refractivity contribution < 1.29 is 9.53 Å². The molecule has 0 aliphatic carbocycles. The predicted octanol–water partition coefficient (Wildman–Crippen LogP) is 1.35. The smallest absolute Gasteiger partial charge is 0.248 e. The number of rotatable bonds is 4. The SMILES string of the molecule is CC(Nc1ccc(C(N)=O)cc1N)C1CCCO1. The van der Waals surface area contributed by atoms with Crippen molar-refractivity contribution in [2.45, 2.75) is 31.9 Å². The van der Waals surface area contributed by atoms with Crippen molar-refractivity contribution in [1.82, 2.24) is 0 Å². The zero-order chi connectivity index (χ0) is 13.1. The maximum atomic E-state index is 11.0. The average Bonchev–Trinajstić information content (AvgIpc) is 2.85. The minimum absolute atomic E-state index is 0.189. The Kier molecular flexibility index (Phi) is 3.72. The number of primary amides is 1. The van der Waals surface area contributed by atoms with E-state index in [1.807, 2.05) is 0 Å². The van der Waals surface area contributed by atoms with E-state index in [1.165, 1.54) is 0 Å². The van der Waals surface area contributed by atoms with Crippen LogP contribution in [0, 0.1) is 0 Å². The first-order chi connectivity index (χ1) is 8.58. The van der Waals surface area contributed by atoms with E-state index in [4.69, 9.17) is 16.2 Å². The second-order valence-electron chi connectivity index (χ2n) is 4.65. The maximum absolute atomic E-state index is 11.0. The number of nitrogens with one attached hydrogen (secondary N) is 1. The van der Waals surface area contributed by atoms with Gasteiger partial charge in [-0.3, -0.25) is 4.79 Å². The number of hydrogen-bond donors (Lipinski definition) is 3. The minimum Gasteiger partial charge on any atom is -0.397 e. The van der Waals surface area contributed by atoms with E-state index in [-0.39, 0.29) is 12.1 Å². The molecule has 5 N–H and O–H groups in total. The largest absolute Gasteiger partial charge is 0.397 e. The van der Waals surface area contributed by atoms with Crippen LogP contribution in [0.15, 0.2) is 18.2 Å². The van der Waals surface area contributed by atoms with Crippen molar-refractivity contribution in [1.29, 1.82) is 0 Å². The molecule has 1 aromatic carbocycles. The van der Waals surface area contributed by atoms with Gasteiger partial charge in [-0.1, -0.05) is 0 Å². The molecular weight excluding hydrogens is 230 g/mol. The standard InChI is InChI=1S/C13H19N3O2/c1-8(12-3-2-6-18-12)16-11-5-4-9(13(15)17)7-10(11)14/h4-5,7-8,12,16H,2-3,6,14H2,1H3,(H2,15,17). The van der Waals surface area contributed by atoms with Crippen LogP contribution >= 0.6 is 0 Å². The number of carbonyl (C=O) groups is 1. The lowest BCUT2D eigenvalue weighted by Crippen LogP contribution is -2.30. The number of nitrogens with two attached hydrogens (primary N) is 2. The van der Waals surface area contributed by atoms with E-state index in [9.17, 15) is 4.79 Å². The summed E-state index contributed by atoms with van der Waals surface area (Å²) in [6.07, 6.45) is 2.39. The van der Waals surface area contributed by atoms with Gasteiger partial charge in [0.2, 0.25) is 5.91 Å². The molecule has 0 aromatic heterocycles. The minimum atomic E-state index is -0.472. The first-order valence-electron chi connectivity index (χ1n) is 6.15. The van der Waals surface area contributed by atoms with Crippen molar-refractivity contribution in [2.75, 3.05) is 17.7 Å². The first kappa shape index (κ1) is 12.7. The highest BCUT2D eigenvalue weighted by atomic mass is 16.5. The Bertz CT molecular complexity index is 442. The third kappa shape index (κ3) is 2.73. The van der Waals surface area contributed by atoms with Crippen LogP contribution in [0.3, 0.4) is 0 Å². The van der Waals surface area contributed by atoms with Gasteiger partial charge in [-0.25, -0.2) is 0 Å². The Morgan fingerprint density at radius 3 is 2.89 bits per heavy atom. The number of benzene rings is 1. The summed E-state index contributed by atoms with van der Waals surface area (Å²) in [6, 6.07) is 5.23. The van der Waals surface area contributed by atoms with Crippen LogP contribution < -0.4 is 16.8 Å². The zero-order valence-corrected chi connectivity index (χ0v) is 10.5. The van der Waals surface area contributed by atoms with Crippen LogP contribution in [0.5, 0.6) is 0 Å². The van der Waals surface area contributed by atoms with Crippen molar-refractivity contribution >= 4 is 17.3 Å². The number of carbonyl (C=O) groups excluding carboxylic acids is 1. The van der Waals surface area contributed by atoms with Gasteiger partial charge in [0.15, 0.2) is 0 Å². The third-order valence-corrected chi connectivity index (χ3v) is 3.24. The lowest BCUT2D eigenvalue weighted by Gasteiger charge is -2.22. The highest BCUT2D eigenvalue weighted by molar-refractivity contribution is 5.94. The average molecular weight is 249 g/mol. The summed E-state index contributed by atoms with van der Waals surface area (Å²) in [5.41, 5.74) is 12.8.